The van der Waals surface area contributed by atoms with Crippen molar-refractivity contribution in [3.8, 4) is 0 Å². The smallest absolute Gasteiger partial charge is 0.382 e. The fourth-order valence-electron chi connectivity index (χ4n) is 1.98. The van der Waals surface area contributed by atoms with E-state index in [9.17, 15) is 13.2 Å². The first-order valence-corrected chi connectivity index (χ1v) is 6.63. The van der Waals surface area contributed by atoms with Crippen molar-refractivity contribution in [2.45, 2.75) is 45.5 Å². The van der Waals surface area contributed by atoms with Crippen molar-refractivity contribution in [1.29, 1.82) is 0 Å². The van der Waals surface area contributed by atoms with E-state index in [1.165, 1.54) is 0 Å². The zero-order valence-electron chi connectivity index (χ0n) is 12.0. The van der Waals surface area contributed by atoms with Crippen LogP contribution in [0.1, 0.15) is 38.8 Å². The Labute approximate surface area is 118 Å². The summed E-state index contributed by atoms with van der Waals surface area (Å²) in [6.07, 6.45) is -6.24. The molecule has 0 spiro atoms. The molecule has 0 amide bonds. The molecule has 0 radical (unpaired) electrons. The topological polar surface area (TPSA) is 32.3 Å². The lowest BCUT2D eigenvalue weighted by Gasteiger charge is -2.28. The van der Waals surface area contributed by atoms with Crippen molar-refractivity contribution in [2.75, 3.05) is 6.54 Å². The maximum absolute atomic E-state index is 12.3. The summed E-state index contributed by atoms with van der Waals surface area (Å²) in [5.74, 6) is 0. The Kier molecular flexibility index (Phi) is 5.59. The first-order valence-electron chi connectivity index (χ1n) is 6.63. The second kappa shape index (κ2) is 6.59. The van der Waals surface area contributed by atoms with Crippen molar-refractivity contribution >= 4 is 0 Å². The highest BCUT2D eigenvalue weighted by atomic mass is 19.4. The number of aliphatic hydroxyl groups excluding tert-OH is 1. The molecule has 1 aromatic rings. The SMILES string of the molecule is CC(C)(C)CC(NCC(O)C(F)(F)F)c1ccccc1. The molecule has 0 saturated carbocycles. The third kappa shape index (κ3) is 5.92. The van der Waals surface area contributed by atoms with Crippen molar-refractivity contribution in [3.63, 3.8) is 0 Å². The van der Waals surface area contributed by atoms with Gasteiger partial charge in [-0.1, -0.05) is 51.1 Å². The van der Waals surface area contributed by atoms with Gasteiger partial charge in [0.25, 0.3) is 0 Å². The quantitative estimate of drug-likeness (QED) is 0.866. The van der Waals surface area contributed by atoms with Gasteiger partial charge in [-0.2, -0.15) is 13.2 Å². The molecule has 0 aliphatic carbocycles. The molecule has 0 fully saturated rings. The van der Waals surface area contributed by atoms with Crippen LogP contribution in [-0.4, -0.2) is 23.9 Å². The van der Waals surface area contributed by atoms with Crippen molar-refractivity contribution in [1.82, 2.24) is 5.32 Å². The van der Waals surface area contributed by atoms with E-state index in [2.05, 4.69) is 5.32 Å². The van der Waals surface area contributed by atoms with Gasteiger partial charge in [-0.15, -0.1) is 0 Å². The van der Waals surface area contributed by atoms with E-state index in [1.54, 1.807) is 0 Å². The van der Waals surface area contributed by atoms with Crippen LogP contribution in [0.5, 0.6) is 0 Å². The largest absolute Gasteiger partial charge is 0.415 e. The van der Waals surface area contributed by atoms with Gasteiger partial charge < -0.3 is 10.4 Å². The second-order valence-electron chi connectivity index (χ2n) is 6.19. The average molecular weight is 289 g/mol. The Morgan fingerprint density at radius 3 is 2.10 bits per heavy atom. The monoisotopic (exact) mass is 289 g/mol. The van der Waals surface area contributed by atoms with Crippen LogP contribution in [0.25, 0.3) is 0 Å². The van der Waals surface area contributed by atoms with Crippen molar-refractivity contribution in [3.05, 3.63) is 35.9 Å². The minimum absolute atomic E-state index is 0.0311. The number of rotatable bonds is 5. The third-order valence-corrected chi connectivity index (χ3v) is 2.95. The molecule has 2 nitrogen and oxygen atoms in total. The lowest BCUT2D eigenvalue weighted by atomic mass is 9.85. The van der Waals surface area contributed by atoms with E-state index >= 15 is 0 Å². The highest BCUT2D eigenvalue weighted by Gasteiger charge is 2.38. The molecule has 1 aromatic carbocycles. The zero-order valence-corrected chi connectivity index (χ0v) is 12.0. The van der Waals surface area contributed by atoms with Gasteiger partial charge in [0.05, 0.1) is 0 Å². The van der Waals surface area contributed by atoms with Crippen LogP contribution in [0, 0.1) is 5.41 Å². The first-order chi connectivity index (χ1) is 9.09. The maximum atomic E-state index is 12.3. The Hall–Kier alpha value is -1.07. The standard InChI is InChI=1S/C15H22F3NO/c1-14(2,3)9-12(11-7-5-4-6-8-11)19-10-13(20)15(16,17)18/h4-8,12-13,19-20H,9-10H2,1-3H3. The molecule has 0 aliphatic heterocycles. The molecule has 2 unspecified atom stereocenters. The summed E-state index contributed by atoms with van der Waals surface area (Å²) in [5.41, 5.74) is 0.897. The Bertz CT molecular complexity index is 398. The molecule has 20 heavy (non-hydrogen) atoms. The summed E-state index contributed by atoms with van der Waals surface area (Å²) in [7, 11) is 0. The van der Waals surface area contributed by atoms with Crippen LogP contribution in [-0.2, 0) is 0 Å². The normalized spacial score (nSPS) is 15.9. The number of nitrogens with one attached hydrogen (secondary N) is 1. The molecule has 0 bridgehead atoms. The number of hydrogen-bond donors (Lipinski definition) is 2. The summed E-state index contributed by atoms with van der Waals surface area (Å²) >= 11 is 0. The number of halogens is 3. The van der Waals surface area contributed by atoms with Gasteiger partial charge in [0.1, 0.15) is 0 Å². The number of benzene rings is 1. The molecule has 1 rings (SSSR count). The minimum Gasteiger partial charge on any atom is -0.382 e. The van der Waals surface area contributed by atoms with Gasteiger partial charge in [-0.25, -0.2) is 0 Å². The van der Waals surface area contributed by atoms with Crippen molar-refractivity contribution in [2.24, 2.45) is 5.41 Å². The molecule has 0 aliphatic rings. The van der Waals surface area contributed by atoms with Gasteiger partial charge in [0.2, 0.25) is 0 Å². The minimum atomic E-state index is -4.59. The molecule has 5 heteroatoms. The number of alkyl halides is 3. The third-order valence-electron chi connectivity index (χ3n) is 2.95. The van der Waals surface area contributed by atoms with Crippen LogP contribution in [0.15, 0.2) is 30.3 Å². The molecule has 0 heterocycles. The Morgan fingerprint density at radius 1 is 1.10 bits per heavy atom. The molecule has 2 atom stereocenters. The van der Waals surface area contributed by atoms with Crippen LogP contribution in [0.3, 0.4) is 0 Å². The van der Waals surface area contributed by atoms with Crippen LogP contribution in [0.4, 0.5) is 13.2 Å². The predicted molar refractivity (Wildman–Crippen MR) is 73.3 cm³/mol. The Morgan fingerprint density at radius 2 is 1.65 bits per heavy atom. The van der Waals surface area contributed by atoms with Crippen LogP contribution < -0.4 is 5.32 Å². The second-order valence-corrected chi connectivity index (χ2v) is 6.19. The van der Waals surface area contributed by atoms with Gasteiger partial charge in [0, 0.05) is 12.6 Å². The number of hydrogen-bond acceptors (Lipinski definition) is 2. The molecule has 0 aromatic heterocycles. The van der Waals surface area contributed by atoms with Gasteiger partial charge in [0.15, 0.2) is 6.10 Å². The highest BCUT2D eigenvalue weighted by molar-refractivity contribution is 5.19. The molecule has 2 N–H and O–H groups in total. The van der Waals surface area contributed by atoms with Crippen LogP contribution >= 0.6 is 0 Å². The molecular formula is C15H22F3NO. The molecular weight excluding hydrogens is 267 g/mol. The Balaban J connectivity index is 2.75. The lowest BCUT2D eigenvalue weighted by molar-refractivity contribution is -0.202. The van der Waals surface area contributed by atoms with E-state index in [4.69, 9.17) is 5.11 Å². The summed E-state index contributed by atoms with van der Waals surface area (Å²) in [4.78, 5) is 0. The van der Waals surface area contributed by atoms with E-state index < -0.39 is 18.8 Å². The van der Waals surface area contributed by atoms with E-state index in [0.717, 1.165) is 5.56 Å². The fourth-order valence-corrected chi connectivity index (χ4v) is 1.98. The lowest BCUT2D eigenvalue weighted by Crippen LogP contribution is -2.40. The first kappa shape index (κ1) is 17.0. The predicted octanol–water partition coefficient (Wildman–Crippen LogP) is 3.68. The fraction of sp³-hybridized carbons (Fsp3) is 0.600. The van der Waals surface area contributed by atoms with E-state index in [1.807, 2.05) is 51.1 Å². The molecule has 0 saturated heterocycles. The van der Waals surface area contributed by atoms with Gasteiger partial charge in [-0.05, 0) is 17.4 Å². The van der Waals surface area contributed by atoms with Crippen molar-refractivity contribution < 1.29 is 18.3 Å². The average Bonchev–Trinajstić information content (AvgIpc) is 2.32. The number of aliphatic hydroxyl groups is 1. The molecule has 114 valence electrons. The van der Waals surface area contributed by atoms with Gasteiger partial charge in [-0.3, -0.25) is 0 Å². The van der Waals surface area contributed by atoms with E-state index in [0.29, 0.717) is 6.42 Å². The summed E-state index contributed by atoms with van der Waals surface area (Å²) in [5, 5.41) is 11.9. The summed E-state index contributed by atoms with van der Waals surface area (Å²) < 4.78 is 37.0. The summed E-state index contributed by atoms with van der Waals surface area (Å²) in [6.45, 7) is 5.60. The highest BCUT2D eigenvalue weighted by Crippen LogP contribution is 2.30. The van der Waals surface area contributed by atoms with Crippen LogP contribution in [0.2, 0.25) is 0 Å². The maximum Gasteiger partial charge on any atom is 0.415 e. The van der Waals surface area contributed by atoms with Gasteiger partial charge >= 0.3 is 6.18 Å². The summed E-state index contributed by atoms with van der Waals surface area (Å²) in [6, 6.07) is 9.11. The van der Waals surface area contributed by atoms with E-state index in [-0.39, 0.29) is 11.5 Å². The zero-order chi connectivity index (χ0) is 15.4.